The zero-order valence-corrected chi connectivity index (χ0v) is 13.8. The average molecular weight is 340 g/mol. The molecular formula is C18H17FN4O2. The van der Waals surface area contributed by atoms with Crippen LogP contribution in [0.3, 0.4) is 0 Å². The van der Waals surface area contributed by atoms with Crippen LogP contribution in [0.2, 0.25) is 0 Å². The molecule has 0 atom stereocenters. The van der Waals surface area contributed by atoms with Gasteiger partial charge in [0, 0.05) is 7.05 Å². The molecule has 0 spiro atoms. The molecule has 25 heavy (non-hydrogen) atoms. The van der Waals surface area contributed by atoms with Crippen LogP contribution in [0.1, 0.15) is 0 Å². The number of nitrogens with one attached hydrogen (secondary N) is 2. The van der Waals surface area contributed by atoms with Gasteiger partial charge in [0.15, 0.2) is 28.9 Å². The zero-order chi connectivity index (χ0) is 17.6. The van der Waals surface area contributed by atoms with Gasteiger partial charge in [-0.05, 0) is 24.3 Å². The van der Waals surface area contributed by atoms with E-state index in [-0.39, 0.29) is 11.8 Å². The molecule has 2 N–H and O–H groups in total. The van der Waals surface area contributed by atoms with E-state index in [1.165, 1.54) is 0 Å². The lowest BCUT2D eigenvalue weighted by molar-refractivity contribution is 0.379. The van der Waals surface area contributed by atoms with E-state index in [9.17, 15) is 4.39 Å². The lowest BCUT2D eigenvalue weighted by Crippen LogP contribution is -2.03. The third kappa shape index (κ3) is 3.77. The van der Waals surface area contributed by atoms with Crippen molar-refractivity contribution in [1.82, 2.24) is 9.97 Å². The highest BCUT2D eigenvalue weighted by atomic mass is 19.1. The maximum atomic E-state index is 13.5. The van der Waals surface area contributed by atoms with Crippen molar-refractivity contribution in [3.8, 4) is 17.2 Å². The summed E-state index contributed by atoms with van der Waals surface area (Å²) in [6.07, 6.45) is 1.10. The van der Waals surface area contributed by atoms with Gasteiger partial charge in [0.25, 0.3) is 0 Å². The van der Waals surface area contributed by atoms with Crippen molar-refractivity contribution in [3.05, 3.63) is 60.5 Å². The summed E-state index contributed by atoms with van der Waals surface area (Å²) in [6, 6.07) is 14.7. The van der Waals surface area contributed by atoms with Gasteiger partial charge in [-0.3, -0.25) is 0 Å². The van der Waals surface area contributed by atoms with E-state index in [1.54, 1.807) is 20.2 Å². The summed E-state index contributed by atoms with van der Waals surface area (Å²) in [7, 11) is 3.17. The molecule has 0 unspecified atom stereocenters. The number of hydrogen-bond donors (Lipinski definition) is 2. The van der Waals surface area contributed by atoms with E-state index < -0.39 is 5.82 Å². The normalized spacial score (nSPS) is 10.2. The Bertz CT molecular complexity index is 873. The standard InChI is InChI=1S/C18H17FN4O2/c1-20-17-12(19)11-21-18(23-17)22-13-7-3-4-8-14(13)25-16-10-6-5-9-15(16)24-2/h3-11H,1-2H3,(H2,20,21,22,23). The van der Waals surface area contributed by atoms with Crippen LogP contribution >= 0.6 is 0 Å². The number of benzene rings is 2. The molecule has 0 aliphatic rings. The van der Waals surface area contributed by atoms with Gasteiger partial charge in [0.2, 0.25) is 5.95 Å². The lowest BCUT2D eigenvalue weighted by Gasteiger charge is -2.14. The molecule has 0 bridgehead atoms. The minimum atomic E-state index is -0.522. The summed E-state index contributed by atoms with van der Waals surface area (Å²) in [4.78, 5) is 8.03. The third-order valence-corrected chi connectivity index (χ3v) is 3.40. The number of ether oxygens (including phenoxy) is 2. The maximum absolute atomic E-state index is 13.5. The van der Waals surface area contributed by atoms with Crippen molar-refractivity contribution >= 4 is 17.5 Å². The van der Waals surface area contributed by atoms with Gasteiger partial charge in [0.05, 0.1) is 19.0 Å². The summed E-state index contributed by atoms with van der Waals surface area (Å²) in [6.45, 7) is 0. The molecule has 3 rings (SSSR count). The van der Waals surface area contributed by atoms with Crippen molar-refractivity contribution in [1.29, 1.82) is 0 Å². The average Bonchev–Trinajstić information content (AvgIpc) is 2.65. The number of halogens is 1. The van der Waals surface area contributed by atoms with E-state index in [2.05, 4.69) is 20.6 Å². The van der Waals surface area contributed by atoms with Crippen LogP contribution in [-0.4, -0.2) is 24.1 Å². The Hall–Kier alpha value is -3.35. The van der Waals surface area contributed by atoms with Crippen molar-refractivity contribution in [2.75, 3.05) is 24.8 Å². The van der Waals surface area contributed by atoms with Gasteiger partial charge >= 0.3 is 0 Å². The number of anilines is 3. The fourth-order valence-electron chi connectivity index (χ4n) is 2.20. The van der Waals surface area contributed by atoms with Gasteiger partial charge in [-0.15, -0.1) is 0 Å². The summed E-state index contributed by atoms with van der Waals surface area (Å²) in [5, 5.41) is 5.71. The molecule has 1 aromatic heterocycles. The Labute approximate surface area is 144 Å². The summed E-state index contributed by atoms with van der Waals surface area (Å²) >= 11 is 0. The minimum Gasteiger partial charge on any atom is -0.493 e. The van der Waals surface area contributed by atoms with E-state index in [0.29, 0.717) is 22.9 Å². The van der Waals surface area contributed by atoms with E-state index in [0.717, 1.165) is 6.20 Å². The first-order valence-electron chi connectivity index (χ1n) is 7.58. The second-order valence-electron chi connectivity index (χ2n) is 5.01. The molecule has 7 heteroatoms. The predicted octanol–water partition coefficient (Wildman–Crippen LogP) is 4.20. The van der Waals surface area contributed by atoms with Crippen LogP contribution in [0.25, 0.3) is 0 Å². The van der Waals surface area contributed by atoms with Crippen LogP contribution in [0, 0.1) is 5.82 Å². The highest BCUT2D eigenvalue weighted by Crippen LogP contribution is 2.35. The molecule has 1 heterocycles. The molecule has 0 radical (unpaired) electrons. The molecule has 128 valence electrons. The van der Waals surface area contributed by atoms with Crippen molar-refractivity contribution in [3.63, 3.8) is 0 Å². The van der Waals surface area contributed by atoms with Crippen LogP contribution in [0.5, 0.6) is 17.2 Å². The van der Waals surface area contributed by atoms with Crippen molar-refractivity contribution in [2.45, 2.75) is 0 Å². The van der Waals surface area contributed by atoms with Gasteiger partial charge in [-0.2, -0.15) is 4.98 Å². The van der Waals surface area contributed by atoms with Gasteiger partial charge in [-0.1, -0.05) is 24.3 Å². The highest BCUT2D eigenvalue weighted by Gasteiger charge is 2.11. The van der Waals surface area contributed by atoms with E-state index in [4.69, 9.17) is 9.47 Å². The molecule has 0 fully saturated rings. The first-order valence-corrected chi connectivity index (χ1v) is 7.58. The Morgan fingerprint density at radius 3 is 2.36 bits per heavy atom. The first kappa shape index (κ1) is 16.5. The number of nitrogens with zero attached hydrogens (tertiary/aromatic N) is 2. The zero-order valence-electron chi connectivity index (χ0n) is 13.8. The molecule has 3 aromatic rings. The Balaban J connectivity index is 1.89. The topological polar surface area (TPSA) is 68.3 Å². The van der Waals surface area contributed by atoms with Crippen LogP contribution < -0.4 is 20.1 Å². The second-order valence-corrected chi connectivity index (χ2v) is 5.01. The fourth-order valence-corrected chi connectivity index (χ4v) is 2.20. The van der Waals surface area contributed by atoms with Gasteiger partial charge < -0.3 is 20.1 Å². The second kappa shape index (κ2) is 7.48. The third-order valence-electron chi connectivity index (χ3n) is 3.40. The van der Waals surface area contributed by atoms with Crippen molar-refractivity contribution < 1.29 is 13.9 Å². The van der Waals surface area contributed by atoms with Crippen LogP contribution in [0.15, 0.2) is 54.7 Å². The lowest BCUT2D eigenvalue weighted by atomic mass is 10.3. The number of aromatic nitrogens is 2. The quantitative estimate of drug-likeness (QED) is 0.701. The number of methoxy groups -OCH3 is 1. The Morgan fingerprint density at radius 1 is 0.960 bits per heavy atom. The minimum absolute atomic E-state index is 0.112. The largest absolute Gasteiger partial charge is 0.493 e. The highest BCUT2D eigenvalue weighted by molar-refractivity contribution is 5.64. The monoisotopic (exact) mass is 340 g/mol. The summed E-state index contributed by atoms with van der Waals surface area (Å²) < 4.78 is 24.8. The Kier molecular flexibility index (Phi) is 4.94. The number of rotatable bonds is 6. The van der Waals surface area contributed by atoms with E-state index >= 15 is 0 Å². The molecule has 0 amide bonds. The molecule has 0 saturated carbocycles. The van der Waals surface area contributed by atoms with Crippen molar-refractivity contribution in [2.24, 2.45) is 0 Å². The molecular weight excluding hydrogens is 323 g/mol. The molecule has 2 aromatic carbocycles. The molecule has 0 aliphatic heterocycles. The van der Waals surface area contributed by atoms with Gasteiger partial charge in [-0.25, -0.2) is 9.37 Å². The first-order chi connectivity index (χ1) is 12.2. The fraction of sp³-hybridized carbons (Fsp3) is 0.111. The summed E-state index contributed by atoms with van der Waals surface area (Å²) in [5.74, 6) is 1.60. The Morgan fingerprint density at radius 2 is 1.64 bits per heavy atom. The predicted molar refractivity (Wildman–Crippen MR) is 94.3 cm³/mol. The van der Waals surface area contributed by atoms with E-state index in [1.807, 2.05) is 42.5 Å². The molecule has 0 aliphatic carbocycles. The van der Waals surface area contributed by atoms with Gasteiger partial charge in [0.1, 0.15) is 0 Å². The molecule has 6 nitrogen and oxygen atoms in total. The SMILES string of the molecule is CNc1nc(Nc2ccccc2Oc2ccccc2OC)ncc1F. The number of hydrogen-bond acceptors (Lipinski definition) is 6. The molecule has 0 saturated heterocycles. The number of para-hydroxylation sites is 4. The summed E-state index contributed by atoms with van der Waals surface area (Å²) in [5.41, 5.74) is 0.641. The maximum Gasteiger partial charge on any atom is 0.229 e. The van der Waals surface area contributed by atoms with Crippen LogP contribution in [-0.2, 0) is 0 Å². The smallest absolute Gasteiger partial charge is 0.229 e. The van der Waals surface area contributed by atoms with Crippen LogP contribution in [0.4, 0.5) is 21.8 Å².